The fourth-order valence-corrected chi connectivity index (χ4v) is 2.41. The molecule has 1 unspecified atom stereocenters. The summed E-state index contributed by atoms with van der Waals surface area (Å²) in [7, 11) is 0. The second-order valence-electron chi connectivity index (χ2n) is 4.42. The van der Waals surface area contributed by atoms with Gasteiger partial charge < -0.3 is 15.6 Å². The summed E-state index contributed by atoms with van der Waals surface area (Å²) < 4.78 is 0. The molecule has 0 amide bonds. The predicted molar refractivity (Wildman–Crippen MR) is 88.2 cm³/mol. The first-order valence-corrected chi connectivity index (χ1v) is 7.77. The normalized spacial score (nSPS) is 17.9. The molecular weight excluding hydrogens is 248 g/mol. The van der Waals surface area contributed by atoms with Gasteiger partial charge in [0.1, 0.15) is 5.52 Å². The van der Waals surface area contributed by atoms with Crippen molar-refractivity contribution in [3.8, 4) is 0 Å². The van der Waals surface area contributed by atoms with Gasteiger partial charge in [0, 0.05) is 31.5 Å². The quantitative estimate of drug-likeness (QED) is 0.837. The molecule has 20 heavy (non-hydrogen) atoms. The molecule has 1 fully saturated rings. The third kappa shape index (κ3) is 3.73. The van der Waals surface area contributed by atoms with Crippen LogP contribution in [-0.4, -0.2) is 29.1 Å². The molecule has 112 valence electrons. The monoisotopic (exact) mass is 276 g/mol. The van der Waals surface area contributed by atoms with Crippen LogP contribution >= 0.6 is 0 Å². The number of anilines is 1. The summed E-state index contributed by atoms with van der Waals surface area (Å²) in [6.07, 6.45) is 6.17. The summed E-state index contributed by atoms with van der Waals surface area (Å²) in [5.41, 5.74) is 9.34. The average molecular weight is 276 g/mol. The standard InChI is InChI=1S/C12H16N4.2C2H6/c13-9-3-2-6-16(8-9)11-7-15-10-4-1-5-14-12(10)11;2*1-2/h1,4-5,7,9,15H,2-3,6,8,13H2;2*1-2H3. The number of aromatic amines is 1. The van der Waals surface area contributed by atoms with Gasteiger partial charge in [0.25, 0.3) is 0 Å². The average Bonchev–Trinajstić information content (AvgIpc) is 2.95. The third-order valence-electron chi connectivity index (χ3n) is 3.21. The number of H-pyrrole nitrogens is 1. The molecule has 3 heterocycles. The first-order valence-electron chi connectivity index (χ1n) is 7.77. The maximum Gasteiger partial charge on any atom is 0.111 e. The first kappa shape index (κ1) is 16.5. The lowest BCUT2D eigenvalue weighted by Crippen LogP contribution is -2.42. The summed E-state index contributed by atoms with van der Waals surface area (Å²) in [6.45, 7) is 10.0. The van der Waals surface area contributed by atoms with E-state index in [-0.39, 0.29) is 0 Å². The largest absolute Gasteiger partial charge is 0.367 e. The number of nitrogens with two attached hydrogens (primary N) is 1. The van der Waals surface area contributed by atoms with Crippen LogP contribution in [0, 0.1) is 0 Å². The van der Waals surface area contributed by atoms with Crippen molar-refractivity contribution in [2.75, 3.05) is 18.0 Å². The molecule has 0 radical (unpaired) electrons. The molecular formula is C16H28N4. The van der Waals surface area contributed by atoms with Crippen molar-refractivity contribution in [2.45, 2.75) is 46.6 Å². The molecule has 1 saturated heterocycles. The summed E-state index contributed by atoms with van der Waals surface area (Å²) in [5.74, 6) is 0. The van der Waals surface area contributed by atoms with Crippen LogP contribution in [0.15, 0.2) is 24.5 Å². The molecule has 0 bridgehead atoms. The zero-order valence-electron chi connectivity index (χ0n) is 13.2. The Morgan fingerprint density at radius 1 is 1.30 bits per heavy atom. The van der Waals surface area contributed by atoms with E-state index in [0.29, 0.717) is 6.04 Å². The van der Waals surface area contributed by atoms with Gasteiger partial charge in [-0.2, -0.15) is 0 Å². The van der Waals surface area contributed by atoms with E-state index >= 15 is 0 Å². The maximum atomic E-state index is 6.00. The van der Waals surface area contributed by atoms with Crippen molar-refractivity contribution in [1.82, 2.24) is 9.97 Å². The minimum Gasteiger partial charge on any atom is -0.367 e. The van der Waals surface area contributed by atoms with E-state index in [1.165, 1.54) is 12.1 Å². The van der Waals surface area contributed by atoms with Crippen LogP contribution in [0.4, 0.5) is 5.69 Å². The van der Waals surface area contributed by atoms with Crippen molar-refractivity contribution in [1.29, 1.82) is 0 Å². The van der Waals surface area contributed by atoms with Crippen molar-refractivity contribution in [3.05, 3.63) is 24.5 Å². The molecule has 1 aliphatic rings. The van der Waals surface area contributed by atoms with Crippen LogP contribution in [0.5, 0.6) is 0 Å². The Kier molecular flexibility index (Phi) is 7.09. The molecule has 2 aromatic heterocycles. The number of piperidine rings is 1. The van der Waals surface area contributed by atoms with Crippen LogP contribution < -0.4 is 10.6 Å². The highest BCUT2D eigenvalue weighted by Gasteiger charge is 2.19. The van der Waals surface area contributed by atoms with Crippen LogP contribution in [0.1, 0.15) is 40.5 Å². The molecule has 0 saturated carbocycles. The molecule has 4 nitrogen and oxygen atoms in total. The van der Waals surface area contributed by atoms with Crippen LogP contribution in [-0.2, 0) is 0 Å². The van der Waals surface area contributed by atoms with E-state index in [2.05, 4.69) is 20.9 Å². The predicted octanol–water partition coefficient (Wildman–Crippen LogP) is 3.54. The van der Waals surface area contributed by atoms with Gasteiger partial charge in [-0.25, -0.2) is 0 Å². The molecule has 1 atom stereocenters. The molecule has 2 aromatic rings. The second kappa shape index (κ2) is 8.59. The Morgan fingerprint density at radius 2 is 2.05 bits per heavy atom. The molecule has 3 N–H and O–H groups in total. The molecule has 1 aliphatic heterocycles. The van der Waals surface area contributed by atoms with Crippen LogP contribution in [0.25, 0.3) is 11.0 Å². The highest BCUT2D eigenvalue weighted by Crippen LogP contribution is 2.26. The summed E-state index contributed by atoms with van der Waals surface area (Å²) in [6, 6.07) is 4.29. The van der Waals surface area contributed by atoms with Gasteiger partial charge in [-0.05, 0) is 25.0 Å². The van der Waals surface area contributed by atoms with Gasteiger partial charge in [0.2, 0.25) is 0 Å². The summed E-state index contributed by atoms with van der Waals surface area (Å²) in [4.78, 5) is 10.0. The minimum absolute atomic E-state index is 0.294. The number of hydrogen-bond acceptors (Lipinski definition) is 3. The van der Waals surface area contributed by atoms with Gasteiger partial charge in [-0.15, -0.1) is 0 Å². The number of nitrogens with one attached hydrogen (secondary N) is 1. The Balaban J connectivity index is 0.000000461. The third-order valence-corrected chi connectivity index (χ3v) is 3.21. The smallest absolute Gasteiger partial charge is 0.111 e. The highest BCUT2D eigenvalue weighted by molar-refractivity contribution is 5.89. The minimum atomic E-state index is 0.294. The second-order valence-corrected chi connectivity index (χ2v) is 4.42. The SMILES string of the molecule is CC.CC.NC1CCCN(c2c[nH]c3cccnc23)C1. The van der Waals surface area contributed by atoms with Crippen molar-refractivity contribution < 1.29 is 0 Å². The summed E-state index contributed by atoms with van der Waals surface area (Å²) in [5, 5.41) is 0. The number of rotatable bonds is 1. The Morgan fingerprint density at radius 3 is 2.75 bits per heavy atom. The van der Waals surface area contributed by atoms with Gasteiger partial charge >= 0.3 is 0 Å². The number of nitrogens with zero attached hydrogens (tertiary/aromatic N) is 2. The van der Waals surface area contributed by atoms with Crippen LogP contribution in [0.2, 0.25) is 0 Å². The first-order chi connectivity index (χ1) is 9.84. The number of hydrogen-bond donors (Lipinski definition) is 2. The number of pyridine rings is 1. The highest BCUT2D eigenvalue weighted by atomic mass is 15.2. The number of fused-ring (bicyclic) bond motifs is 1. The fraction of sp³-hybridized carbons (Fsp3) is 0.562. The lowest BCUT2D eigenvalue weighted by molar-refractivity contribution is 0.507. The topological polar surface area (TPSA) is 57.9 Å². The summed E-state index contributed by atoms with van der Waals surface area (Å²) >= 11 is 0. The Bertz CT molecular complexity index is 492. The Hall–Kier alpha value is -1.55. The zero-order chi connectivity index (χ0) is 15.0. The van der Waals surface area contributed by atoms with E-state index in [1.54, 1.807) is 0 Å². The maximum absolute atomic E-state index is 6.00. The van der Waals surface area contributed by atoms with Gasteiger partial charge in [0.05, 0.1) is 11.2 Å². The molecule has 3 rings (SSSR count). The van der Waals surface area contributed by atoms with Gasteiger partial charge in [-0.1, -0.05) is 27.7 Å². The van der Waals surface area contributed by atoms with Crippen molar-refractivity contribution in [3.63, 3.8) is 0 Å². The van der Waals surface area contributed by atoms with E-state index in [4.69, 9.17) is 5.73 Å². The van der Waals surface area contributed by atoms with E-state index < -0.39 is 0 Å². The molecule has 0 aromatic carbocycles. The van der Waals surface area contributed by atoms with Crippen molar-refractivity contribution >= 4 is 16.7 Å². The molecule has 4 heteroatoms. The van der Waals surface area contributed by atoms with E-state index in [1.807, 2.05) is 46.2 Å². The lowest BCUT2D eigenvalue weighted by Gasteiger charge is -2.31. The zero-order valence-corrected chi connectivity index (χ0v) is 13.2. The lowest BCUT2D eigenvalue weighted by atomic mass is 10.1. The Labute approximate surface area is 122 Å². The fourth-order valence-electron chi connectivity index (χ4n) is 2.41. The van der Waals surface area contributed by atoms with Crippen LogP contribution in [0.3, 0.4) is 0 Å². The molecule has 0 spiro atoms. The van der Waals surface area contributed by atoms with Crippen molar-refractivity contribution in [2.24, 2.45) is 5.73 Å². The van der Waals surface area contributed by atoms with E-state index in [0.717, 1.165) is 30.5 Å². The number of aromatic nitrogens is 2. The van der Waals surface area contributed by atoms with E-state index in [9.17, 15) is 0 Å². The molecule has 0 aliphatic carbocycles. The van der Waals surface area contributed by atoms with Gasteiger partial charge in [0.15, 0.2) is 0 Å². The van der Waals surface area contributed by atoms with Gasteiger partial charge in [-0.3, -0.25) is 4.98 Å².